The standard InChI is InChI=1S/C54H35NO/c1-2-15-36(16-3-1)43-26-11-18-38-19-12-28-48(53(38)43)46-23-6-8-30-50(46)55(51-31-14-29-49-47-24-7-9-32-52(47)56-54(49)51)40-21-10-20-39(35-40)42-25-13-27-44-41-22-5-4-17-37(41)33-34-45(42)44/h1-35H. The molecule has 0 N–H and O–H groups in total. The molecule has 0 fully saturated rings. The minimum atomic E-state index is 0.855. The molecular formula is C54H35NO. The minimum Gasteiger partial charge on any atom is -0.454 e. The molecule has 10 aromatic carbocycles. The number of rotatable bonds is 6. The first-order chi connectivity index (χ1) is 27.8. The molecule has 0 amide bonds. The van der Waals surface area contributed by atoms with E-state index in [0.717, 1.165) is 50.1 Å². The van der Waals surface area contributed by atoms with Gasteiger partial charge in [0, 0.05) is 22.0 Å². The van der Waals surface area contributed by atoms with Gasteiger partial charge in [0.15, 0.2) is 5.58 Å². The van der Waals surface area contributed by atoms with Crippen molar-refractivity contribution in [1.82, 2.24) is 0 Å². The molecule has 0 aliphatic rings. The predicted octanol–water partition coefficient (Wildman–Crippen LogP) is 15.5. The van der Waals surface area contributed by atoms with Crippen molar-refractivity contribution in [2.24, 2.45) is 0 Å². The number of furan rings is 1. The van der Waals surface area contributed by atoms with Gasteiger partial charge in [-0.1, -0.05) is 182 Å². The van der Waals surface area contributed by atoms with E-state index in [-0.39, 0.29) is 0 Å². The Bertz CT molecular complexity index is 3260. The van der Waals surface area contributed by atoms with Crippen molar-refractivity contribution < 1.29 is 4.42 Å². The molecule has 0 radical (unpaired) electrons. The Morgan fingerprint density at radius 2 is 0.929 bits per heavy atom. The smallest absolute Gasteiger partial charge is 0.159 e. The molecule has 0 bridgehead atoms. The van der Waals surface area contributed by atoms with Gasteiger partial charge in [-0.25, -0.2) is 0 Å². The SMILES string of the molecule is c1ccc(-c2cccc3cccc(-c4ccccc4N(c4cccc(-c5cccc6c5ccc5ccccc56)c4)c4cccc5c4oc4ccccc45)c23)cc1. The molecule has 0 atom stereocenters. The fourth-order valence-corrected chi connectivity index (χ4v) is 8.74. The third kappa shape index (κ3) is 5.19. The van der Waals surface area contributed by atoms with Crippen molar-refractivity contribution in [2.75, 3.05) is 4.90 Å². The number of nitrogens with zero attached hydrogens (tertiary/aromatic N) is 1. The molecule has 0 aliphatic heterocycles. The molecule has 11 rings (SSSR count). The van der Waals surface area contributed by atoms with Crippen molar-refractivity contribution in [1.29, 1.82) is 0 Å². The van der Waals surface area contributed by atoms with Crippen molar-refractivity contribution >= 4 is 71.3 Å². The first kappa shape index (κ1) is 32.0. The maximum absolute atomic E-state index is 6.77. The highest BCUT2D eigenvalue weighted by Crippen LogP contribution is 2.48. The van der Waals surface area contributed by atoms with Crippen LogP contribution in [0.25, 0.3) is 87.6 Å². The first-order valence-corrected chi connectivity index (χ1v) is 19.2. The Hall–Kier alpha value is -7.42. The number of benzene rings is 10. The Morgan fingerprint density at radius 3 is 1.84 bits per heavy atom. The van der Waals surface area contributed by atoms with Crippen molar-refractivity contribution in [3.63, 3.8) is 0 Å². The van der Waals surface area contributed by atoms with E-state index >= 15 is 0 Å². The molecule has 2 heteroatoms. The lowest BCUT2D eigenvalue weighted by atomic mass is 9.90. The van der Waals surface area contributed by atoms with E-state index in [1.807, 2.05) is 6.07 Å². The van der Waals surface area contributed by atoms with Gasteiger partial charge in [0.05, 0.1) is 11.4 Å². The van der Waals surface area contributed by atoms with Crippen LogP contribution in [0.4, 0.5) is 17.1 Å². The largest absolute Gasteiger partial charge is 0.454 e. The van der Waals surface area contributed by atoms with Crippen LogP contribution < -0.4 is 4.90 Å². The van der Waals surface area contributed by atoms with Gasteiger partial charge >= 0.3 is 0 Å². The molecule has 0 unspecified atom stereocenters. The van der Waals surface area contributed by atoms with Gasteiger partial charge < -0.3 is 9.32 Å². The average Bonchev–Trinajstić information content (AvgIpc) is 3.66. The maximum atomic E-state index is 6.77. The third-order valence-corrected chi connectivity index (χ3v) is 11.3. The normalized spacial score (nSPS) is 11.6. The van der Waals surface area contributed by atoms with Crippen molar-refractivity contribution in [3.05, 3.63) is 212 Å². The second kappa shape index (κ2) is 13.2. The van der Waals surface area contributed by atoms with Crippen LogP contribution in [0.1, 0.15) is 0 Å². The molecule has 2 nitrogen and oxygen atoms in total. The van der Waals surface area contributed by atoms with Crippen LogP contribution in [-0.4, -0.2) is 0 Å². The number of hydrogen-bond donors (Lipinski definition) is 0. The second-order valence-corrected chi connectivity index (χ2v) is 14.4. The number of fused-ring (bicyclic) bond motifs is 7. The maximum Gasteiger partial charge on any atom is 0.159 e. The molecule has 0 spiro atoms. The molecule has 1 heterocycles. The van der Waals surface area contributed by atoms with Gasteiger partial charge in [-0.15, -0.1) is 0 Å². The van der Waals surface area contributed by atoms with E-state index in [0.29, 0.717) is 0 Å². The van der Waals surface area contributed by atoms with E-state index in [1.165, 1.54) is 54.6 Å². The van der Waals surface area contributed by atoms with Gasteiger partial charge in [0.2, 0.25) is 0 Å². The van der Waals surface area contributed by atoms with Gasteiger partial charge in [-0.3, -0.25) is 0 Å². The van der Waals surface area contributed by atoms with E-state index in [9.17, 15) is 0 Å². The molecule has 0 saturated heterocycles. The van der Waals surface area contributed by atoms with Crippen molar-refractivity contribution in [2.45, 2.75) is 0 Å². The highest BCUT2D eigenvalue weighted by Gasteiger charge is 2.23. The van der Waals surface area contributed by atoms with E-state index in [2.05, 4.69) is 211 Å². The summed E-state index contributed by atoms with van der Waals surface area (Å²) in [5.41, 5.74) is 11.9. The summed E-state index contributed by atoms with van der Waals surface area (Å²) in [4.78, 5) is 2.40. The molecule has 11 aromatic rings. The van der Waals surface area contributed by atoms with Crippen LogP contribution in [0.15, 0.2) is 217 Å². The summed E-state index contributed by atoms with van der Waals surface area (Å²) in [6, 6.07) is 76.5. The Labute approximate surface area is 325 Å². The van der Waals surface area contributed by atoms with Crippen LogP contribution in [0.3, 0.4) is 0 Å². The average molecular weight is 714 g/mol. The first-order valence-electron chi connectivity index (χ1n) is 19.2. The van der Waals surface area contributed by atoms with Gasteiger partial charge in [-0.05, 0) is 90.5 Å². The highest BCUT2D eigenvalue weighted by molar-refractivity contribution is 6.14. The number of para-hydroxylation sites is 3. The molecule has 262 valence electrons. The summed E-state index contributed by atoms with van der Waals surface area (Å²) < 4.78 is 6.77. The van der Waals surface area contributed by atoms with Gasteiger partial charge in [0.1, 0.15) is 5.58 Å². The molecule has 56 heavy (non-hydrogen) atoms. The van der Waals surface area contributed by atoms with E-state index in [4.69, 9.17) is 4.42 Å². The molecule has 0 saturated carbocycles. The second-order valence-electron chi connectivity index (χ2n) is 14.4. The Morgan fingerprint density at radius 1 is 0.321 bits per heavy atom. The van der Waals surface area contributed by atoms with Gasteiger partial charge in [-0.2, -0.15) is 0 Å². The lowest BCUT2D eigenvalue weighted by molar-refractivity contribution is 0.669. The van der Waals surface area contributed by atoms with E-state index in [1.54, 1.807) is 0 Å². The lowest BCUT2D eigenvalue weighted by Crippen LogP contribution is -2.11. The molecule has 1 aromatic heterocycles. The summed E-state index contributed by atoms with van der Waals surface area (Å²) in [6.07, 6.45) is 0. The van der Waals surface area contributed by atoms with Crippen LogP contribution in [0, 0.1) is 0 Å². The number of anilines is 3. The van der Waals surface area contributed by atoms with Crippen LogP contribution >= 0.6 is 0 Å². The topological polar surface area (TPSA) is 16.4 Å². The fourth-order valence-electron chi connectivity index (χ4n) is 8.74. The quantitative estimate of drug-likeness (QED) is 0.160. The summed E-state index contributed by atoms with van der Waals surface area (Å²) in [5.74, 6) is 0. The lowest BCUT2D eigenvalue weighted by Gasteiger charge is -2.29. The van der Waals surface area contributed by atoms with Crippen LogP contribution in [0.2, 0.25) is 0 Å². The Balaban J connectivity index is 1.18. The highest BCUT2D eigenvalue weighted by atomic mass is 16.3. The van der Waals surface area contributed by atoms with Crippen LogP contribution in [-0.2, 0) is 0 Å². The molecular weight excluding hydrogens is 679 g/mol. The Kier molecular flexibility index (Phi) is 7.53. The zero-order chi connectivity index (χ0) is 37.0. The zero-order valence-electron chi connectivity index (χ0n) is 30.6. The third-order valence-electron chi connectivity index (χ3n) is 11.3. The summed E-state index contributed by atoms with van der Waals surface area (Å²) in [5, 5.41) is 9.63. The monoisotopic (exact) mass is 713 g/mol. The summed E-state index contributed by atoms with van der Waals surface area (Å²) >= 11 is 0. The van der Waals surface area contributed by atoms with Crippen molar-refractivity contribution in [3.8, 4) is 33.4 Å². The van der Waals surface area contributed by atoms with Gasteiger partial charge in [0.25, 0.3) is 0 Å². The summed E-state index contributed by atoms with van der Waals surface area (Å²) in [6.45, 7) is 0. The van der Waals surface area contributed by atoms with E-state index < -0.39 is 0 Å². The zero-order valence-corrected chi connectivity index (χ0v) is 30.6. The predicted molar refractivity (Wildman–Crippen MR) is 237 cm³/mol. The fraction of sp³-hybridized carbons (Fsp3) is 0. The van der Waals surface area contributed by atoms with Crippen LogP contribution in [0.5, 0.6) is 0 Å². The number of hydrogen-bond acceptors (Lipinski definition) is 2. The summed E-state index contributed by atoms with van der Waals surface area (Å²) in [7, 11) is 0. The minimum absolute atomic E-state index is 0.855. The molecule has 0 aliphatic carbocycles.